The SMILES string of the molecule is CCOC(=O)CN(Cc1ccc(C(F)(F)F)cc1)C(=O)C1CCCN(C(=O)c2cccs2)C1. The second-order valence-corrected chi connectivity index (χ2v) is 8.71. The van der Waals surface area contributed by atoms with E-state index in [0.29, 0.717) is 29.8 Å². The molecule has 0 aliphatic carbocycles. The summed E-state index contributed by atoms with van der Waals surface area (Å²) in [5.41, 5.74) is -0.326. The molecule has 3 rings (SSSR count). The van der Waals surface area contributed by atoms with Crippen LogP contribution in [-0.2, 0) is 27.0 Å². The van der Waals surface area contributed by atoms with Gasteiger partial charge in [-0.2, -0.15) is 13.2 Å². The predicted octanol–water partition coefficient (Wildman–Crippen LogP) is 4.21. The van der Waals surface area contributed by atoms with Crippen LogP contribution in [0.3, 0.4) is 0 Å². The Hall–Kier alpha value is -2.88. The van der Waals surface area contributed by atoms with E-state index in [9.17, 15) is 27.6 Å². The number of likely N-dealkylation sites (tertiary alicyclic amines) is 1. The van der Waals surface area contributed by atoms with Gasteiger partial charge in [-0.15, -0.1) is 11.3 Å². The highest BCUT2D eigenvalue weighted by Gasteiger charge is 2.33. The maximum Gasteiger partial charge on any atom is 0.416 e. The van der Waals surface area contributed by atoms with E-state index in [1.807, 2.05) is 5.38 Å². The number of amides is 2. The molecule has 0 spiro atoms. The summed E-state index contributed by atoms with van der Waals surface area (Å²) in [5, 5.41) is 1.81. The number of alkyl halides is 3. The smallest absolute Gasteiger partial charge is 0.416 e. The Kier molecular flexibility index (Phi) is 8.12. The molecule has 33 heavy (non-hydrogen) atoms. The third-order valence-corrected chi connectivity index (χ3v) is 6.24. The van der Waals surface area contributed by atoms with E-state index in [2.05, 4.69) is 0 Å². The minimum absolute atomic E-state index is 0.0366. The lowest BCUT2D eigenvalue weighted by Gasteiger charge is -2.34. The molecule has 1 aromatic heterocycles. The van der Waals surface area contributed by atoms with Crippen molar-refractivity contribution in [2.75, 3.05) is 26.2 Å². The molecule has 1 fully saturated rings. The number of ether oxygens (including phenoxy) is 1. The standard InChI is InChI=1S/C23H25F3N2O4S/c1-2-32-20(29)15-28(13-16-7-9-18(10-8-16)23(24,25)26)21(30)17-5-3-11-27(14-17)22(31)19-6-4-12-33-19/h4,6-10,12,17H,2-3,5,11,13-15H2,1H3. The van der Waals surface area contributed by atoms with Crippen LogP contribution in [0.15, 0.2) is 41.8 Å². The molecule has 1 aliphatic heterocycles. The number of carbonyl (C=O) groups excluding carboxylic acids is 3. The molecule has 0 radical (unpaired) electrons. The van der Waals surface area contributed by atoms with E-state index in [4.69, 9.17) is 4.74 Å². The van der Waals surface area contributed by atoms with Gasteiger partial charge in [0, 0.05) is 19.6 Å². The summed E-state index contributed by atoms with van der Waals surface area (Å²) >= 11 is 1.33. The zero-order valence-corrected chi connectivity index (χ0v) is 19.0. The number of nitrogens with zero attached hydrogens (tertiary/aromatic N) is 2. The molecule has 1 saturated heterocycles. The van der Waals surface area contributed by atoms with Crippen molar-refractivity contribution in [3.63, 3.8) is 0 Å². The summed E-state index contributed by atoms with van der Waals surface area (Å²) in [7, 11) is 0. The van der Waals surface area contributed by atoms with Gasteiger partial charge in [-0.05, 0) is 48.9 Å². The van der Waals surface area contributed by atoms with Crippen molar-refractivity contribution in [3.8, 4) is 0 Å². The molecule has 0 N–H and O–H groups in total. The highest BCUT2D eigenvalue weighted by atomic mass is 32.1. The Balaban J connectivity index is 1.74. The number of hydrogen-bond acceptors (Lipinski definition) is 5. The van der Waals surface area contributed by atoms with Crippen LogP contribution in [0.4, 0.5) is 13.2 Å². The fourth-order valence-electron chi connectivity index (χ4n) is 3.77. The van der Waals surface area contributed by atoms with Gasteiger partial charge in [-0.25, -0.2) is 0 Å². The van der Waals surface area contributed by atoms with Gasteiger partial charge in [0.15, 0.2) is 0 Å². The van der Waals surface area contributed by atoms with Gasteiger partial charge in [-0.1, -0.05) is 18.2 Å². The number of hydrogen-bond donors (Lipinski definition) is 0. The van der Waals surface area contributed by atoms with Crippen LogP contribution in [0.25, 0.3) is 0 Å². The zero-order valence-electron chi connectivity index (χ0n) is 18.1. The largest absolute Gasteiger partial charge is 0.465 e. The molecule has 10 heteroatoms. The Morgan fingerprint density at radius 3 is 2.52 bits per heavy atom. The number of carbonyl (C=O) groups is 3. The van der Waals surface area contributed by atoms with E-state index >= 15 is 0 Å². The van der Waals surface area contributed by atoms with Gasteiger partial charge < -0.3 is 14.5 Å². The minimum Gasteiger partial charge on any atom is -0.465 e. The first-order chi connectivity index (χ1) is 15.7. The first kappa shape index (κ1) is 24.8. The fourth-order valence-corrected chi connectivity index (χ4v) is 4.46. The number of benzene rings is 1. The van der Waals surface area contributed by atoms with E-state index in [0.717, 1.165) is 12.1 Å². The lowest BCUT2D eigenvalue weighted by atomic mass is 9.96. The lowest BCUT2D eigenvalue weighted by Crippen LogP contribution is -2.47. The summed E-state index contributed by atoms with van der Waals surface area (Å²) in [5.74, 6) is -1.57. The van der Waals surface area contributed by atoms with E-state index in [1.165, 1.54) is 28.4 Å². The molecule has 2 amide bonds. The number of esters is 1. The number of thiophene rings is 1. The summed E-state index contributed by atoms with van der Waals surface area (Å²) in [4.78, 5) is 41.7. The molecule has 2 aromatic rings. The van der Waals surface area contributed by atoms with Gasteiger partial charge >= 0.3 is 12.1 Å². The first-order valence-corrected chi connectivity index (χ1v) is 11.5. The van der Waals surface area contributed by atoms with Crippen LogP contribution in [0, 0.1) is 5.92 Å². The fraction of sp³-hybridized carbons (Fsp3) is 0.435. The third kappa shape index (κ3) is 6.56. The van der Waals surface area contributed by atoms with Crippen molar-refractivity contribution in [2.24, 2.45) is 5.92 Å². The maximum atomic E-state index is 13.3. The quantitative estimate of drug-likeness (QED) is 0.555. The van der Waals surface area contributed by atoms with Gasteiger partial charge in [0.1, 0.15) is 6.54 Å². The molecule has 6 nitrogen and oxygen atoms in total. The minimum atomic E-state index is -4.46. The highest BCUT2D eigenvalue weighted by molar-refractivity contribution is 7.12. The summed E-state index contributed by atoms with van der Waals surface area (Å²) in [6.45, 7) is 2.20. The molecular formula is C23H25F3N2O4S. The first-order valence-electron chi connectivity index (χ1n) is 10.6. The van der Waals surface area contributed by atoms with Gasteiger partial charge in [0.05, 0.1) is 23.0 Å². The Labute approximate surface area is 193 Å². The number of rotatable bonds is 7. The molecule has 1 aromatic carbocycles. The van der Waals surface area contributed by atoms with Crippen LogP contribution in [0.5, 0.6) is 0 Å². The second kappa shape index (κ2) is 10.8. The molecule has 1 unspecified atom stereocenters. The van der Waals surface area contributed by atoms with Crippen molar-refractivity contribution in [1.29, 1.82) is 0 Å². The average molecular weight is 483 g/mol. The average Bonchev–Trinajstić information content (AvgIpc) is 3.32. The predicted molar refractivity (Wildman–Crippen MR) is 116 cm³/mol. The second-order valence-electron chi connectivity index (χ2n) is 7.76. The molecule has 1 aliphatic rings. The third-order valence-electron chi connectivity index (χ3n) is 5.38. The van der Waals surface area contributed by atoms with E-state index < -0.39 is 23.6 Å². The Morgan fingerprint density at radius 2 is 1.91 bits per heavy atom. The molecule has 178 valence electrons. The van der Waals surface area contributed by atoms with Crippen molar-refractivity contribution in [2.45, 2.75) is 32.5 Å². The van der Waals surface area contributed by atoms with Gasteiger partial charge in [0.25, 0.3) is 5.91 Å². The highest BCUT2D eigenvalue weighted by Crippen LogP contribution is 2.29. The van der Waals surface area contributed by atoms with Crippen LogP contribution >= 0.6 is 11.3 Å². The molecule has 1 atom stereocenters. The van der Waals surface area contributed by atoms with E-state index in [-0.39, 0.29) is 38.1 Å². The summed E-state index contributed by atoms with van der Waals surface area (Å²) < 4.78 is 43.5. The monoisotopic (exact) mass is 482 g/mol. The van der Waals surface area contributed by atoms with Crippen molar-refractivity contribution >= 4 is 29.1 Å². The topological polar surface area (TPSA) is 66.9 Å². The number of halogens is 3. The van der Waals surface area contributed by atoms with Crippen LogP contribution in [0.1, 0.15) is 40.6 Å². The van der Waals surface area contributed by atoms with Crippen molar-refractivity contribution < 1.29 is 32.3 Å². The molecule has 2 heterocycles. The Morgan fingerprint density at radius 1 is 1.18 bits per heavy atom. The molecular weight excluding hydrogens is 457 g/mol. The van der Waals surface area contributed by atoms with Crippen LogP contribution in [-0.4, -0.2) is 53.8 Å². The van der Waals surface area contributed by atoms with Gasteiger partial charge in [-0.3, -0.25) is 14.4 Å². The van der Waals surface area contributed by atoms with E-state index in [1.54, 1.807) is 24.0 Å². The van der Waals surface area contributed by atoms with Crippen LogP contribution < -0.4 is 0 Å². The normalized spacial score (nSPS) is 16.4. The van der Waals surface area contributed by atoms with Gasteiger partial charge in [0.2, 0.25) is 5.91 Å². The lowest BCUT2D eigenvalue weighted by molar-refractivity contribution is -0.151. The number of piperidine rings is 1. The van der Waals surface area contributed by atoms with Crippen molar-refractivity contribution in [3.05, 3.63) is 57.8 Å². The van der Waals surface area contributed by atoms with Crippen molar-refractivity contribution in [1.82, 2.24) is 9.80 Å². The molecule has 0 bridgehead atoms. The Bertz CT molecular complexity index is 961. The maximum absolute atomic E-state index is 13.3. The molecule has 0 saturated carbocycles. The summed E-state index contributed by atoms with van der Waals surface area (Å²) in [6, 6.07) is 8.00. The van der Waals surface area contributed by atoms with Crippen LogP contribution in [0.2, 0.25) is 0 Å². The summed E-state index contributed by atoms with van der Waals surface area (Å²) in [6.07, 6.45) is -3.26. The zero-order chi connectivity index (χ0) is 24.0.